The third-order valence-corrected chi connectivity index (χ3v) is 3.76. The number of halogens is 3. The first-order valence-electron chi connectivity index (χ1n) is 7.52. The number of ether oxygens (including phenoxy) is 1. The van der Waals surface area contributed by atoms with Gasteiger partial charge < -0.3 is 15.0 Å². The molecule has 5 nitrogen and oxygen atoms in total. The Labute approximate surface area is 137 Å². The van der Waals surface area contributed by atoms with Gasteiger partial charge in [-0.25, -0.2) is 0 Å². The van der Waals surface area contributed by atoms with E-state index in [2.05, 4.69) is 5.32 Å². The molecular weight excluding hydrogens is 325 g/mol. The van der Waals surface area contributed by atoms with Gasteiger partial charge in [0.2, 0.25) is 11.8 Å². The van der Waals surface area contributed by atoms with Gasteiger partial charge in [0.15, 0.2) is 0 Å². The number of likely N-dealkylation sites (tertiary alicyclic amines) is 1. The van der Waals surface area contributed by atoms with Gasteiger partial charge >= 0.3 is 6.18 Å². The molecule has 0 bridgehead atoms. The van der Waals surface area contributed by atoms with Gasteiger partial charge in [-0.2, -0.15) is 13.2 Å². The van der Waals surface area contributed by atoms with Gasteiger partial charge in [0.05, 0.1) is 24.6 Å². The highest BCUT2D eigenvalue weighted by Gasteiger charge is 2.31. The summed E-state index contributed by atoms with van der Waals surface area (Å²) in [4.78, 5) is 25.4. The van der Waals surface area contributed by atoms with Crippen LogP contribution in [0, 0.1) is 0 Å². The summed E-state index contributed by atoms with van der Waals surface area (Å²) in [5, 5.41) is 2.70. The van der Waals surface area contributed by atoms with Gasteiger partial charge in [0.25, 0.3) is 0 Å². The van der Waals surface area contributed by atoms with Gasteiger partial charge in [0.1, 0.15) is 0 Å². The topological polar surface area (TPSA) is 58.6 Å². The number of nitrogens with zero attached hydrogens (tertiary/aromatic N) is 1. The number of nitrogens with one attached hydrogen (secondary N) is 1. The normalized spacial score (nSPS) is 18.1. The second-order valence-corrected chi connectivity index (χ2v) is 5.68. The molecular formula is C16H19F3N2O3. The number of hydrogen-bond donors (Lipinski definition) is 1. The van der Waals surface area contributed by atoms with Crippen molar-refractivity contribution in [2.45, 2.75) is 25.1 Å². The zero-order chi connectivity index (χ0) is 17.7. The molecule has 0 saturated carbocycles. The van der Waals surface area contributed by atoms with Crippen LogP contribution in [0.5, 0.6) is 0 Å². The van der Waals surface area contributed by atoms with Crippen molar-refractivity contribution < 1.29 is 27.5 Å². The largest absolute Gasteiger partial charge is 0.416 e. The minimum atomic E-state index is -4.44. The monoisotopic (exact) mass is 344 g/mol. The average molecular weight is 344 g/mol. The summed E-state index contributed by atoms with van der Waals surface area (Å²) < 4.78 is 42.9. The van der Waals surface area contributed by atoms with E-state index in [0.717, 1.165) is 12.1 Å². The first-order chi connectivity index (χ1) is 11.3. The summed E-state index contributed by atoms with van der Waals surface area (Å²) in [6.07, 6.45) is -4.41. The molecule has 24 heavy (non-hydrogen) atoms. The molecule has 0 radical (unpaired) electrons. The molecule has 1 aliphatic rings. The number of alkyl halides is 3. The third-order valence-electron chi connectivity index (χ3n) is 3.76. The van der Waals surface area contributed by atoms with Crippen LogP contribution in [0.2, 0.25) is 0 Å². The van der Waals surface area contributed by atoms with Gasteiger partial charge in [0, 0.05) is 26.6 Å². The molecule has 1 aromatic carbocycles. The summed E-state index contributed by atoms with van der Waals surface area (Å²) in [5.74, 6) is -0.475. The van der Waals surface area contributed by atoms with E-state index in [4.69, 9.17) is 4.74 Å². The van der Waals surface area contributed by atoms with E-state index in [1.54, 1.807) is 4.90 Å². The highest BCUT2D eigenvalue weighted by molar-refractivity contribution is 5.83. The third kappa shape index (κ3) is 4.95. The predicted octanol–water partition coefficient (Wildman–Crippen LogP) is 1.61. The second kappa shape index (κ2) is 7.65. The van der Waals surface area contributed by atoms with Crippen molar-refractivity contribution in [1.82, 2.24) is 10.2 Å². The quantitative estimate of drug-likeness (QED) is 0.853. The number of amides is 2. The number of hydrogen-bond acceptors (Lipinski definition) is 3. The van der Waals surface area contributed by atoms with Crippen LogP contribution in [0.4, 0.5) is 13.2 Å². The Morgan fingerprint density at radius 2 is 2.17 bits per heavy atom. The molecule has 1 aromatic rings. The lowest BCUT2D eigenvalue weighted by Gasteiger charge is -2.16. The maximum Gasteiger partial charge on any atom is 0.416 e. The van der Waals surface area contributed by atoms with Gasteiger partial charge in [-0.15, -0.1) is 0 Å². The fraction of sp³-hybridized carbons (Fsp3) is 0.500. The van der Waals surface area contributed by atoms with Crippen LogP contribution in [0.3, 0.4) is 0 Å². The van der Waals surface area contributed by atoms with Crippen LogP contribution in [0.15, 0.2) is 24.3 Å². The summed E-state index contributed by atoms with van der Waals surface area (Å²) >= 11 is 0. The molecule has 1 saturated heterocycles. The van der Waals surface area contributed by atoms with Crippen molar-refractivity contribution in [3.05, 3.63) is 35.4 Å². The maximum atomic E-state index is 12.7. The molecule has 132 valence electrons. The Morgan fingerprint density at radius 3 is 2.83 bits per heavy atom. The smallest absolute Gasteiger partial charge is 0.383 e. The highest BCUT2D eigenvalue weighted by atomic mass is 19.4. The van der Waals surface area contributed by atoms with Gasteiger partial charge in [-0.1, -0.05) is 18.2 Å². The Morgan fingerprint density at radius 1 is 1.42 bits per heavy atom. The van der Waals surface area contributed by atoms with E-state index < -0.39 is 17.6 Å². The summed E-state index contributed by atoms with van der Waals surface area (Å²) in [5.41, 5.74) is -0.502. The minimum absolute atomic E-state index is 0.0728. The number of methoxy groups -OCH3 is 1. The number of rotatable bonds is 6. The molecule has 1 heterocycles. The second-order valence-electron chi connectivity index (χ2n) is 5.68. The lowest BCUT2D eigenvalue weighted by Crippen LogP contribution is -2.38. The van der Waals surface area contributed by atoms with Crippen LogP contribution in [-0.2, 0) is 26.9 Å². The molecule has 0 aromatic heterocycles. The van der Waals surface area contributed by atoms with Crippen LogP contribution >= 0.6 is 0 Å². The number of carbonyl (C=O) groups excluding carboxylic acids is 2. The molecule has 8 heteroatoms. The zero-order valence-corrected chi connectivity index (χ0v) is 13.2. The van der Waals surface area contributed by atoms with Crippen LogP contribution < -0.4 is 5.32 Å². The molecule has 0 unspecified atom stereocenters. The molecule has 1 aliphatic heterocycles. The molecule has 1 fully saturated rings. The molecule has 2 amide bonds. The summed E-state index contributed by atoms with van der Waals surface area (Å²) in [6, 6.07) is 4.35. The van der Waals surface area contributed by atoms with Crippen molar-refractivity contribution in [2.75, 3.05) is 26.8 Å². The molecule has 0 spiro atoms. The summed E-state index contributed by atoms with van der Waals surface area (Å²) in [7, 11) is 1.54. The molecule has 1 atom stereocenters. The van der Waals surface area contributed by atoms with E-state index in [1.807, 2.05) is 0 Å². The fourth-order valence-electron chi connectivity index (χ4n) is 2.61. The Bertz CT molecular complexity index is 604. The van der Waals surface area contributed by atoms with Crippen LogP contribution in [0.1, 0.15) is 17.5 Å². The van der Waals surface area contributed by atoms with Crippen molar-refractivity contribution in [1.29, 1.82) is 0 Å². The standard InChI is InChI=1S/C16H19F3N2O3/c1-24-6-5-21-10-13(9-15(21)23)20-14(22)8-11-3-2-4-12(7-11)16(17,18)19/h2-4,7,13H,5-6,8-10H2,1H3,(H,20,22)/t13-/m1/s1. The van der Waals surface area contributed by atoms with E-state index >= 15 is 0 Å². The van der Waals surface area contributed by atoms with Crippen molar-refractivity contribution >= 4 is 11.8 Å². The van der Waals surface area contributed by atoms with E-state index in [1.165, 1.54) is 19.2 Å². The first-order valence-corrected chi connectivity index (χ1v) is 7.52. The average Bonchev–Trinajstić information content (AvgIpc) is 2.84. The molecule has 0 aliphatic carbocycles. The lowest BCUT2D eigenvalue weighted by molar-refractivity contribution is -0.137. The van der Waals surface area contributed by atoms with E-state index in [9.17, 15) is 22.8 Å². The Balaban J connectivity index is 1.89. The van der Waals surface area contributed by atoms with Crippen molar-refractivity contribution in [3.8, 4) is 0 Å². The molecule has 1 N–H and O–H groups in total. The van der Waals surface area contributed by atoms with Gasteiger partial charge in [-0.3, -0.25) is 9.59 Å². The van der Waals surface area contributed by atoms with E-state index in [0.29, 0.717) is 19.7 Å². The van der Waals surface area contributed by atoms with E-state index in [-0.39, 0.29) is 30.4 Å². The number of benzene rings is 1. The first kappa shape index (κ1) is 18.3. The minimum Gasteiger partial charge on any atom is -0.383 e. The van der Waals surface area contributed by atoms with Crippen molar-refractivity contribution in [3.63, 3.8) is 0 Å². The van der Waals surface area contributed by atoms with Crippen LogP contribution in [0.25, 0.3) is 0 Å². The summed E-state index contributed by atoms with van der Waals surface area (Å²) in [6.45, 7) is 1.25. The lowest BCUT2D eigenvalue weighted by atomic mass is 10.1. The SMILES string of the molecule is COCCN1C[C@H](NC(=O)Cc2cccc(C(F)(F)F)c2)CC1=O. The Kier molecular flexibility index (Phi) is 5.82. The maximum absolute atomic E-state index is 12.7. The zero-order valence-electron chi connectivity index (χ0n) is 13.2. The molecule has 2 rings (SSSR count). The van der Waals surface area contributed by atoms with Gasteiger partial charge in [-0.05, 0) is 11.6 Å². The highest BCUT2D eigenvalue weighted by Crippen LogP contribution is 2.29. The Hall–Kier alpha value is -2.09. The fourth-order valence-corrected chi connectivity index (χ4v) is 2.61. The van der Waals surface area contributed by atoms with Crippen molar-refractivity contribution in [2.24, 2.45) is 0 Å². The predicted molar refractivity (Wildman–Crippen MR) is 80.2 cm³/mol. The number of carbonyl (C=O) groups is 2. The van der Waals surface area contributed by atoms with Crippen LogP contribution in [-0.4, -0.2) is 49.6 Å².